The number of hydrogen-bond acceptors (Lipinski definition) is 7. The van der Waals surface area contributed by atoms with Crippen molar-refractivity contribution in [1.29, 1.82) is 0 Å². The third-order valence-corrected chi connectivity index (χ3v) is 7.99. The monoisotopic (exact) mass is 436 g/mol. The summed E-state index contributed by atoms with van der Waals surface area (Å²) in [6.45, 7) is 5.22. The van der Waals surface area contributed by atoms with Crippen LogP contribution in [0.2, 0.25) is 0 Å². The van der Waals surface area contributed by atoms with Crippen LogP contribution >= 0.6 is 23.1 Å². The number of β-lactam (4-membered cyclic amide) rings is 1. The van der Waals surface area contributed by atoms with Crippen LogP contribution in [0.4, 0.5) is 4.79 Å². The highest BCUT2D eigenvalue weighted by molar-refractivity contribution is 7.98. The van der Waals surface area contributed by atoms with Crippen LogP contribution < -0.4 is 15.2 Å². The normalized spacial score (nSPS) is 24.8. The predicted octanol–water partition coefficient (Wildman–Crippen LogP) is -0.436. The van der Waals surface area contributed by atoms with Gasteiger partial charge in [-0.05, 0) is 20.1 Å². The minimum atomic E-state index is -1.42. The number of rotatable bonds is 4. The number of carbonyl (C=O) groups is 3. The summed E-state index contributed by atoms with van der Waals surface area (Å²) < 4.78 is 3.15. The van der Waals surface area contributed by atoms with Crippen LogP contribution in [0.15, 0.2) is 17.1 Å². The predicted molar refractivity (Wildman–Crippen MR) is 104 cm³/mol. The number of aromatic nitrogens is 2. The molecule has 11 heteroatoms. The average molecular weight is 437 g/mol. The van der Waals surface area contributed by atoms with E-state index in [0.29, 0.717) is 15.5 Å². The van der Waals surface area contributed by atoms with Crippen LogP contribution in [0.25, 0.3) is 10.4 Å². The molecule has 0 bridgehead atoms. The Morgan fingerprint density at radius 3 is 2.62 bits per heavy atom. The number of hydrogen-bond donors (Lipinski definition) is 2. The number of thiazole rings is 1. The van der Waals surface area contributed by atoms with Crippen molar-refractivity contribution >= 4 is 51.4 Å². The lowest BCUT2D eigenvalue weighted by Gasteiger charge is -2.47. The first-order valence-corrected chi connectivity index (χ1v) is 11.0. The first-order chi connectivity index (χ1) is 13.6. The fraction of sp³-hybridized carbons (Fsp3) is 0.444. The summed E-state index contributed by atoms with van der Waals surface area (Å²) >= 11 is 2.70. The summed E-state index contributed by atoms with van der Waals surface area (Å²) in [4.78, 5) is 39.0. The van der Waals surface area contributed by atoms with Crippen molar-refractivity contribution in [3.63, 3.8) is 0 Å². The van der Waals surface area contributed by atoms with Gasteiger partial charge in [0.15, 0.2) is 0 Å². The van der Waals surface area contributed by atoms with Gasteiger partial charge in [-0.3, -0.25) is 4.79 Å². The average Bonchev–Trinajstić information content (AvgIpc) is 3.22. The van der Waals surface area contributed by atoms with Gasteiger partial charge in [-0.2, -0.15) is 4.40 Å². The van der Waals surface area contributed by atoms with Crippen LogP contribution in [0, 0.1) is 18.8 Å². The standard InChI is InChI=1S/C18H20N4O5S2/c1-6-9(12(17(25)26)22-11(6)10(8(3)23)14(22)24)13-7(2)20-5-21(18(19)27)15(28-4)16(20)29-13/h5-6,8,10-11,23H,1-4H3,(H2-,19,25,26,27)/t6-,8-,10-,11-/m1/s1. The van der Waals surface area contributed by atoms with Crippen molar-refractivity contribution in [2.24, 2.45) is 17.6 Å². The topological polar surface area (TPSA) is 133 Å². The number of aliphatic hydroxyl groups excluding tert-OH is 1. The van der Waals surface area contributed by atoms with Crippen LogP contribution in [0.1, 0.15) is 24.4 Å². The molecule has 154 valence electrons. The molecule has 9 nitrogen and oxygen atoms in total. The highest BCUT2D eigenvalue weighted by Crippen LogP contribution is 2.51. The molecular formula is C18H20N4O5S2. The van der Waals surface area contributed by atoms with E-state index in [2.05, 4.69) is 0 Å². The van der Waals surface area contributed by atoms with E-state index in [-0.39, 0.29) is 11.6 Å². The Balaban J connectivity index is 1.92. The van der Waals surface area contributed by atoms with E-state index in [9.17, 15) is 24.6 Å². The second kappa shape index (κ2) is 6.57. The Morgan fingerprint density at radius 2 is 2.10 bits per heavy atom. The maximum absolute atomic E-state index is 12.5. The van der Waals surface area contributed by atoms with E-state index >= 15 is 0 Å². The highest BCUT2D eigenvalue weighted by atomic mass is 32.2. The number of fused-ring (bicyclic) bond motifs is 2. The molecule has 2 aliphatic rings. The van der Waals surface area contributed by atoms with Gasteiger partial charge < -0.3 is 25.6 Å². The second-order valence-electron chi connectivity index (χ2n) is 7.33. The number of amides is 2. The quantitative estimate of drug-likeness (QED) is 0.379. The molecule has 4 rings (SSSR count). The molecule has 2 aliphatic heterocycles. The molecule has 2 aromatic heterocycles. The maximum Gasteiger partial charge on any atom is 0.411 e. The van der Waals surface area contributed by atoms with Gasteiger partial charge in [0.25, 0.3) is 6.33 Å². The minimum Gasteiger partial charge on any atom is -0.543 e. The summed E-state index contributed by atoms with van der Waals surface area (Å²) in [5, 5.41) is 22.6. The molecule has 0 unspecified atom stereocenters. The molecule has 3 N–H and O–H groups in total. The summed E-state index contributed by atoms with van der Waals surface area (Å²) in [6.07, 6.45) is 2.54. The summed E-state index contributed by atoms with van der Waals surface area (Å²) in [6, 6.07) is -1.02. The van der Waals surface area contributed by atoms with Gasteiger partial charge in [-0.15, -0.1) is 4.57 Å². The largest absolute Gasteiger partial charge is 0.543 e. The smallest absolute Gasteiger partial charge is 0.411 e. The van der Waals surface area contributed by atoms with Gasteiger partial charge in [-0.1, -0.05) is 30.0 Å². The van der Waals surface area contributed by atoms with Gasteiger partial charge in [0, 0.05) is 11.5 Å². The highest BCUT2D eigenvalue weighted by Gasteiger charge is 2.59. The Kier molecular flexibility index (Phi) is 4.52. The summed E-state index contributed by atoms with van der Waals surface area (Å²) in [5.74, 6) is -2.74. The van der Waals surface area contributed by atoms with Crippen LogP contribution in [-0.4, -0.2) is 50.9 Å². The van der Waals surface area contributed by atoms with E-state index in [0.717, 1.165) is 10.5 Å². The molecule has 0 aliphatic carbocycles. The lowest BCUT2D eigenvalue weighted by molar-refractivity contribution is -0.515. The third kappa shape index (κ3) is 2.50. The number of carboxylic acids is 1. The molecular weight excluding hydrogens is 416 g/mol. The fourth-order valence-corrected chi connectivity index (χ4v) is 6.77. The molecule has 1 saturated heterocycles. The zero-order chi connectivity index (χ0) is 21.4. The lowest BCUT2D eigenvalue weighted by Crippen LogP contribution is -2.64. The van der Waals surface area contributed by atoms with E-state index in [4.69, 9.17) is 5.73 Å². The first kappa shape index (κ1) is 19.9. The second-order valence-corrected chi connectivity index (χ2v) is 9.12. The van der Waals surface area contributed by atoms with Crippen molar-refractivity contribution < 1.29 is 29.0 Å². The van der Waals surface area contributed by atoms with Gasteiger partial charge in [0.1, 0.15) is 5.69 Å². The maximum atomic E-state index is 12.5. The number of carboxylic acid groups (broad SMARTS) is 1. The summed E-state index contributed by atoms with van der Waals surface area (Å²) in [5.41, 5.74) is 6.58. The van der Waals surface area contributed by atoms with Crippen LogP contribution in [-0.2, 0) is 9.59 Å². The molecule has 1 fully saturated rings. The Bertz CT molecular complexity index is 1120. The van der Waals surface area contributed by atoms with Crippen molar-refractivity contribution in [3.8, 4) is 0 Å². The van der Waals surface area contributed by atoms with E-state index < -0.39 is 36.0 Å². The Labute approximate surface area is 174 Å². The Hall–Kier alpha value is -2.37. The molecule has 2 aromatic rings. The van der Waals surface area contributed by atoms with E-state index in [1.807, 2.05) is 20.1 Å². The number of carbonyl (C=O) groups excluding carboxylic acids is 3. The molecule has 4 heterocycles. The van der Waals surface area contributed by atoms with Crippen LogP contribution in [0.3, 0.4) is 0 Å². The van der Waals surface area contributed by atoms with Gasteiger partial charge in [0.05, 0.1) is 34.6 Å². The number of nitrogens with two attached hydrogens (primary N) is 1. The van der Waals surface area contributed by atoms with Crippen molar-refractivity contribution in [2.75, 3.05) is 6.26 Å². The van der Waals surface area contributed by atoms with E-state index in [1.165, 1.54) is 39.5 Å². The van der Waals surface area contributed by atoms with Gasteiger partial charge in [0.2, 0.25) is 15.8 Å². The number of aliphatic carboxylic acids is 1. The number of aliphatic hydroxyl groups is 1. The zero-order valence-electron chi connectivity index (χ0n) is 16.2. The lowest BCUT2D eigenvalue weighted by atomic mass is 9.77. The van der Waals surface area contributed by atoms with Gasteiger partial charge in [-0.25, -0.2) is 4.79 Å². The fourth-order valence-electron chi connectivity index (χ4n) is 4.49. The molecule has 0 radical (unpaired) electrons. The summed E-state index contributed by atoms with van der Waals surface area (Å²) in [7, 11) is 0. The van der Waals surface area contributed by atoms with E-state index in [1.54, 1.807) is 10.7 Å². The van der Waals surface area contributed by atoms with Crippen LogP contribution in [0.5, 0.6) is 0 Å². The zero-order valence-corrected chi connectivity index (χ0v) is 17.8. The molecule has 2 amide bonds. The van der Waals surface area contributed by atoms with Crippen molar-refractivity contribution in [1.82, 2.24) is 9.47 Å². The first-order valence-electron chi connectivity index (χ1n) is 8.98. The minimum absolute atomic E-state index is 0.134. The molecule has 4 atom stereocenters. The Morgan fingerprint density at radius 1 is 1.45 bits per heavy atom. The molecule has 29 heavy (non-hydrogen) atoms. The number of primary amides is 1. The number of thioether (sulfide) groups is 1. The SMILES string of the molecule is CSc1c2sc(C3=C(C(=O)[O-])N4C(=O)[C@H]([C@@H](C)O)[C@H]4[C@@H]3C)c(C)[n+]2cn1C(N)=O. The van der Waals surface area contributed by atoms with Gasteiger partial charge >= 0.3 is 6.03 Å². The number of aryl methyl sites for hydroxylation is 1. The number of nitrogens with zero attached hydrogens (tertiary/aromatic N) is 3. The van der Waals surface area contributed by atoms with Crippen molar-refractivity contribution in [3.05, 3.63) is 22.6 Å². The third-order valence-electron chi connectivity index (χ3n) is 5.78. The number of imidazole rings is 1. The molecule has 0 aromatic carbocycles. The van der Waals surface area contributed by atoms with Crippen molar-refractivity contribution in [2.45, 2.75) is 37.9 Å². The molecule has 0 spiro atoms. The molecule has 0 saturated carbocycles.